The van der Waals surface area contributed by atoms with Gasteiger partial charge in [0.2, 0.25) is 5.91 Å². The van der Waals surface area contributed by atoms with Crippen LogP contribution in [0, 0.1) is 5.92 Å². The highest BCUT2D eigenvalue weighted by Gasteiger charge is 2.36. The van der Waals surface area contributed by atoms with Gasteiger partial charge in [-0.3, -0.25) is 15.1 Å². The average molecular weight is 183 g/mol. The summed E-state index contributed by atoms with van der Waals surface area (Å²) in [7, 11) is 1.65. The van der Waals surface area contributed by atoms with Crippen molar-refractivity contribution in [3.05, 3.63) is 0 Å². The topological polar surface area (TPSA) is 62.7 Å². The molecule has 2 aliphatic heterocycles. The predicted molar refractivity (Wildman–Crippen MR) is 47.4 cm³/mol. The maximum absolute atomic E-state index is 11.4. The zero-order chi connectivity index (χ0) is 9.26. The lowest BCUT2D eigenvalue weighted by atomic mass is 10.00. The van der Waals surface area contributed by atoms with Crippen molar-refractivity contribution in [1.82, 2.24) is 10.6 Å². The van der Waals surface area contributed by atoms with Gasteiger partial charge in [-0.25, -0.2) is 0 Å². The van der Waals surface area contributed by atoms with E-state index in [1.54, 1.807) is 7.05 Å². The number of hydrogen-bond donors (Lipinski definition) is 2. The second-order valence-corrected chi connectivity index (χ2v) is 3.31. The Bertz CT molecular complexity index is 246. The first kappa shape index (κ1) is 8.50. The van der Waals surface area contributed by atoms with Gasteiger partial charge >= 0.3 is 0 Å². The Balaban J connectivity index is 2.03. The van der Waals surface area contributed by atoms with E-state index in [-0.39, 0.29) is 11.9 Å². The number of carbonyl (C=O) groups excluding carboxylic acids is 1. The molecule has 0 spiro atoms. The number of amides is 1. The van der Waals surface area contributed by atoms with Gasteiger partial charge < -0.3 is 10.1 Å². The Kier molecular flexibility index (Phi) is 2.18. The molecule has 0 aliphatic carbocycles. The van der Waals surface area contributed by atoms with E-state index in [2.05, 4.69) is 15.6 Å². The normalized spacial score (nSPS) is 36.4. The Morgan fingerprint density at radius 2 is 2.46 bits per heavy atom. The van der Waals surface area contributed by atoms with Gasteiger partial charge in [0.05, 0.1) is 6.61 Å². The van der Waals surface area contributed by atoms with Crippen LogP contribution in [0.15, 0.2) is 4.99 Å². The summed E-state index contributed by atoms with van der Waals surface area (Å²) in [5.74, 6) is 0.872. The molecular formula is C8H13N3O2. The Morgan fingerprint density at radius 3 is 3.00 bits per heavy atom. The number of carbonyl (C=O) groups is 1. The third kappa shape index (κ3) is 1.51. The van der Waals surface area contributed by atoms with E-state index in [1.807, 2.05) is 0 Å². The molecule has 72 valence electrons. The van der Waals surface area contributed by atoms with Crippen LogP contribution in [0.2, 0.25) is 0 Å². The molecule has 0 aromatic heterocycles. The molecule has 2 unspecified atom stereocenters. The molecule has 2 aliphatic rings. The van der Waals surface area contributed by atoms with Crippen molar-refractivity contribution in [1.29, 1.82) is 0 Å². The first-order valence-electron chi connectivity index (χ1n) is 4.43. The fourth-order valence-corrected chi connectivity index (χ4v) is 1.71. The molecule has 2 heterocycles. The van der Waals surface area contributed by atoms with Gasteiger partial charge in [-0.2, -0.15) is 0 Å². The Hall–Kier alpha value is -1.10. The molecule has 1 amide bonds. The molecule has 0 radical (unpaired) electrons. The van der Waals surface area contributed by atoms with Crippen LogP contribution in [0.5, 0.6) is 0 Å². The quantitative estimate of drug-likeness (QED) is 0.553. The molecule has 13 heavy (non-hydrogen) atoms. The van der Waals surface area contributed by atoms with E-state index in [4.69, 9.17) is 4.74 Å². The van der Waals surface area contributed by atoms with E-state index >= 15 is 0 Å². The first-order valence-corrected chi connectivity index (χ1v) is 4.43. The minimum Gasteiger partial charge on any atom is -0.381 e. The van der Waals surface area contributed by atoms with E-state index in [9.17, 15) is 4.79 Å². The van der Waals surface area contributed by atoms with Crippen LogP contribution in [0.25, 0.3) is 0 Å². The molecule has 0 aromatic carbocycles. The standard InChI is InChI=1S/C8H13N3O2/c1-9-8-10-6(7(12)11-8)5-2-3-13-4-5/h5-6H,2-4H2,1H3,(H2,9,10,11,12). The van der Waals surface area contributed by atoms with Crippen LogP contribution in [0.4, 0.5) is 0 Å². The van der Waals surface area contributed by atoms with E-state index in [0.717, 1.165) is 13.0 Å². The van der Waals surface area contributed by atoms with Crippen LogP contribution in [0.3, 0.4) is 0 Å². The SMILES string of the molecule is CN=C1NC(=O)C(C2CCOC2)N1. The molecule has 2 atom stereocenters. The van der Waals surface area contributed by atoms with Crippen molar-refractivity contribution in [2.45, 2.75) is 12.5 Å². The van der Waals surface area contributed by atoms with Gasteiger partial charge in [-0.05, 0) is 6.42 Å². The van der Waals surface area contributed by atoms with Crippen LogP contribution in [0.1, 0.15) is 6.42 Å². The maximum atomic E-state index is 11.4. The van der Waals surface area contributed by atoms with Gasteiger partial charge in [-0.1, -0.05) is 0 Å². The number of nitrogens with one attached hydrogen (secondary N) is 2. The molecule has 2 rings (SSSR count). The van der Waals surface area contributed by atoms with E-state index in [1.165, 1.54) is 0 Å². The molecule has 0 aromatic rings. The highest BCUT2D eigenvalue weighted by molar-refractivity contribution is 6.06. The number of nitrogens with zero attached hydrogens (tertiary/aromatic N) is 1. The second-order valence-electron chi connectivity index (χ2n) is 3.31. The predicted octanol–water partition coefficient (Wildman–Crippen LogP) is -0.903. The molecule has 2 N–H and O–H groups in total. The summed E-state index contributed by atoms with van der Waals surface area (Å²) in [6, 6.07) is -0.152. The number of rotatable bonds is 1. The zero-order valence-corrected chi connectivity index (χ0v) is 7.54. The van der Waals surface area contributed by atoms with Gasteiger partial charge in [0.25, 0.3) is 0 Å². The summed E-state index contributed by atoms with van der Waals surface area (Å²) < 4.78 is 5.23. The fourth-order valence-electron chi connectivity index (χ4n) is 1.71. The summed E-state index contributed by atoms with van der Waals surface area (Å²) >= 11 is 0. The summed E-state index contributed by atoms with van der Waals surface area (Å²) in [5.41, 5.74) is 0. The smallest absolute Gasteiger partial charge is 0.249 e. The zero-order valence-electron chi connectivity index (χ0n) is 7.54. The van der Waals surface area contributed by atoms with Gasteiger partial charge in [0.1, 0.15) is 6.04 Å². The highest BCUT2D eigenvalue weighted by Crippen LogP contribution is 2.18. The molecule has 5 nitrogen and oxygen atoms in total. The largest absolute Gasteiger partial charge is 0.381 e. The molecule has 0 bridgehead atoms. The third-order valence-corrected chi connectivity index (χ3v) is 2.48. The van der Waals surface area contributed by atoms with E-state index < -0.39 is 0 Å². The minimum atomic E-state index is -0.152. The third-order valence-electron chi connectivity index (χ3n) is 2.48. The number of aliphatic imine (C=N–C) groups is 1. The molecule has 2 fully saturated rings. The Morgan fingerprint density at radius 1 is 1.62 bits per heavy atom. The average Bonchev–Trinajstić information content (AvgIpc) is 2.72. The lowest BCUT2D eigenvalue weighted by Crippen LogP contribution is -2.37. The molecule has 0 saturated carbocycles. The van der Waals surface area contributed by atoms with Crippen molar-refractivity contribution in [2.75, 3.05) is 20.3 Å². The lowest BCUT2D eigenvalue weighted by molar-refractivity contribution is -0.121. The molecular weight excluding hydrogens is 170 g/mol. The van der Waals surface area contributed by atoms with Gasteiger partial charge in [0.15, 0.2) is 5.96 Å². The van der Waals surface area contributed by atoms with Crippen LogP contribution in [-0.2, 0) is 9.53 Å². The highest BCUT2D eigenvalue weighted by atomic mass is 16.5. The summed E-state index contributed by atoms with van der Waals surface area (Å²) in [6.45, 7) is 1.43. The van der Waals surface area contributed by atoms with Crippen molar-refractivity contribution in [3.8, 4) is 0 Å². The van der Waals surface area contributed by atoms with Gasteiger partial charge in [0, 0.05) is 19.6 Å². The monoisotopic (exact) mass is 183 g/mol. The lowest BCUT2D eigenvalue weighted by Gasteiger charge is -2.13. The van der Waals surface area contributed by atoms with Crippen molar-refractivity contribution >= 4 is 11.9 Å². The van der Waals surface area contributed by atoms with Crippen molar-refractivity contribution < 1.29 is 9.53 Å². The van der Waals surface area contributed by atoms with E-state index in [0.29, 0.717) is 18.5 Å². The summed E-state index contributed by atoms with van der Waals surface area (Å²) in [6.07, 6.45) is 0.947. The van der Waals surface area contributed by atoms with Crippen LogP contribution < -0.4 is 10.6 Å². The van der Waals surface area contributed by atoms with Gasteiger partial charge in [-0.15, -0.1) is 0 Å². The Labute approximate surface area is 76.6 Å². The number of ether oxygens (including phenoxy) is 1. The van der Waals surface area contributed by atoms with Crippen LogP contribution >= 0.6 is 0 Å². The second kappa shape index (κ2) is 3.33. The number of guanidine groups is 1. The van der Waals surface area contributed by atoms with Crippen LogP contribution in [-0.4, -0.2) is 38.2 Å². The fraction of sp³-hybridized carbons (Fsp3) is 0.750. The minimum absolute atomic E-state index is 0.0103. The first-order chi connectivity index (χ1) is 6.31. The summed E-state index contributed by atoms with van der Waals surface area (Å²) in [4.78, 5) is 15.3. The molecule has 2 saturated heterocycles. The van der Waals surface area contributed by atoms with Crippen molar-refractivity contribution in [2.24, 2.45) is 10.9 Å². The summed E-state index contributed by atoms with van der Waals surface area (Å²) in [5, 5.41) is 5.72. The molecule has 5 heteroatoms. The number of hydrogen-bond acceptors (Lipinski definition) is 3. The van der Waals surface area contributed by atoms with Crippen molar-refractivity contribution in [3.63, 3.8) is 0 Å². The maximum Gasteiger partial charge on any atom is 0.249 e.